The van der Waals surface area contributed by atoms with Gasteiger partial charge in [0.25, 0.3) is 0 Å². The maximum atomic E-state index is 13.4. The molecule has 0 aliphatic rings. The molecule has 0 aromatic carbocycles. The maximum absolute atomic E-state index is 13.4. The summed E-state index contributed by atoms with van der Waals surface area (Å²) in [5.41, 5.74) is 3.02. The smallest absolute Gasteiger partial charge is 0.146 e. The summed E-state index contributed by atoms with van der Waals surface area (Å²) in [4.78, 5) is 4.01. The highest BCUT2D eigenvalue weighted by atomic mass is 19.1. The van der Waals surface area contributed by atoms with Crippen LogP contribution < -0.4 is 11.3 Å². The summed E-state index contributed by atoms with van der Waals surface area (Å²) in [5.74, 6) is 5.68. The fraction of sp³-hybridized carbons (Fsp3) is 0.545. The second-order valence-corrected chi connectivity index (χ2v) is 4.06. The minimum absolute atomic E-state index is 0.200. The van der Waals surface area contributed by atoms with Crippen LogP contribution in [0.4, 0.5) is 4.39 Å². The van der Waals surface area contributed by atoms with Crippen molar-refractivity contribution in [2.75, 3.05) is 0 Å². The molecule has 0 fully saturated rings. The van der Waals surface area contributed by atoms with E-state index in [-0.39, 0.29) is 11.9 Å². The number of nitrogens with zero attached hydrogens (tertiary/aromatic N) is 1. The van der Waals surface area contributed by atoms with Crippen molar-refractivity contribution in [2.45, 2.75) is 32.7 Å². The van der Waals surface area contributed by atoms with Crippen LogP contribution in [-0.4, -0.2) is 4.98 Å². The first-order valence-corrected chi connectivity index (χ1v) is 5.21. The topological polar surface area (TPSA) is 50.9 Å². The van der Waals surface area contributed by atoms with Crippen LogP contribution in [0.15, 0.2) is 18.3 Å². The van der Waals surface area contributed by atoms with E-state index < -0.39 is 0 Å². The first-order valence-electron chi connectivity index (χ1n) is 5.21. The molecule has 1 rings (SSSR count). The summed E-state index contributed by atoms with van der Waals surface area (Å²) < 4.78 is 13.4. The minimum Gasteiger partial charge on any atom is -0.271 e. The van der Waals surface area contributed by atoms with Gasteiger partial charge in [-0.1, -0.05) is 13.8 Å². The zero-order chi connectivity index (χ0) is 11.3. The monoisotopic (exact) mass is 211 g/mol. The van der Waals surface area contributed by atoms with E-state index in [9.17, 15) is 4.39 Å². The van der Waals surface area contributed by atoms with Gasteiger partial charge >= 0.3 is 0 Å². The molecule has 1 unspecified atom stereocenters. The molecule has 3 nitrogen and oxygen atoms in total. The van der Waals surface area contributed by atoms with Gasteiger partial charge in [0.1, 0.15) is 5.82 Å². The standard InChI is InChI=1S/C11H18FN3/c1-8(2)5-6-10(15-13)11-9(12)4-3-7-14-11/h3-4,7-8,10,15H,5-6,13H2,1-2H3. The van der Waals surface area contributed by atoms with Gasteiger partial charge in [-0.15, -0.1) is 0 Å². The van der Waals surface area contributed by atoms with Gasteiger partial charge in [-0.25, -0.2) is 4.39 Å². The van der Waals surface area contributed by atoms with E-state index in [0.717, 1.165) is 12.8 Å². The number of halogens is 1. The fourth-order valence-corrected chi connectivity index (χ4v) is 1.45. The van der Waals surface area contributed by atoms with Crippen LogP contribution in [0.5, 0.6) is 0 Å². The quantitative estimate of drug-likeness (QED) is 0.579. The number of hydrazine groups is 1. The number of aromatic nitrogens is 1. The van der Waals surface area contributed by atoms with E-state index in [1.165, 1.54) is 6.07 Å². The molecule has 0 spiro atoms. The highest BCUT2D eigenvalue weighted by Gasteiger charge is 2.15. The molecular weight excluding hydrogens is 193 g/mol. The minimum atomic E-state index is -0.302. The van der Waals surface area contributed by atoms with Gasteiger partial charge in [0, 0.05) is 6.20 Å². The lowest BCUT2D eigenvalue weighted by molar-refractivity contribution is 0.424. The molecule has 0 bridgehead atoms. The molecule has 3 N–H and O–H groups in total. The van der Waals surface area contributed by atoms with Gasteiger partial charge in [0.05, 0.1) is 11.7 Å². The zero-order valence-corrected chi connectivity index (χ0v) is 9.20. The van der Waals surface area contributed by atoms with E-state index in [4.69, 9.17) is 5.84 Å². The molecule has 0 amide bonds. The lowest BCUT2D eigenvalue weighted by Gasteiger charge is -2.16. The van der Waals surface area contributed by atoms with Gasteiger partial charge in [-0.05, 0) is 30.9 Å². The Balaban J connectivity index is 2.70. The molecule has 1 atom stereocenters. The highest BCUT2D eigenvalue weighted by molar-refractivity contribution is 5.11. The fourth-order valence-electron chi connectivity index (χ4n) is 1.45. The maximum Gasteiger partial charge on any atom is 0.146 e. The molecule has 1 heterocycles. The predicted molar refractivity (Wildman–Crippen MR) is 58.3 cm³/mol. The van der Waals surface area contributed by atoms with Crippen LogP contribution in [0.1, 0.15) is 38.4 Å². The average molecular weight is 211 g/mol. The number of hydrogen-bond acceptors (Lipinski definition) is 3. The summed E-state index contributed by atoms with van der Waals surface area (Å²) in [7, 11) is 0. The van der Waals surface area contributed by atoms with Crippen LogP contribution in [-0.2, 0) is 0 Å². The molecule has 0 aliphatic carbocycles. The van der Waals surface area contributed by atoms with Gasteiger partial charge in [-0.2, -0.15) is 0 Å². The number of rotatable bonds is 5. The van der Waals surface area contributed by atoms with Gasteiger partial charge in [-0.3, -0.25) is 16.3 Å². The first-order chi connectivity index (χ1) is 7.15. The highest BCUT2D eigenvalue weighted by Crippen LogP contribution is 2.20. The molecule has 84 valence electrons. The Labute approximate surface area is 89.9 Å². The van der Waals surface area contributed by atoms with E-state index >= 15 is 0 Å². The van der Waals surface area contributed by atoms with Crippen molar-refractivity contribution in [3.05, 3.63) is 29.8 Å². The molecule has 15 heavy (non-hydrogen) atoms. The van der Waals surface area contributed by atoms with Crippen LogP contribution in [0.3, 0.4) is 0 Å². The molecule has 4 heteroatoms. The van der Waals surface area contributed by atoms with Crippen molar-refractivity contribution in [3.63, 3.8) is 0 Å². The lowest BCUT2D eigenvalue weighted by atomic mass is 10.0. The van der Waals surface area contributed by atoms with Crippen molar-refractivity contribution in [2.24, 2.45) is 11.8 Å². The third-order valence-corrected chi connectivity index (χ3v) is 2.35. The molecular formula is C11H18FN3. The molecule has 0 aliphatic heterocycles. The summed E-state index contributed by atoms with van der Waals surface area (Å²) in [5, 5.41) is 0. The molecule has 1 aromatic rings. The number of hydrogen-bond donors (Lipinski definition) is 2. The Kier molecular flexibility index (Phi) is 4.65. The van der Waals surface area contributed by atoms with Crippen molar-refractivity contribution in [3.8, 4) is 0 Å². The van der Waals surface area contributed by atoms with Crippen molar-refractivity contribution in [1.82, 2.24) is 10.4 Å². The van der Waals surface area contributed by atoms with Gasteiger partial charge in [0.15, 0.2) is 0 Å². The Hall–Kier alpha value is -1.00. The van der Waals surface area contributed by atoms with E-state index in [0.29, 0.717) is 11.6 Å². The van der Waals surface area contributed by atoms with E-state index in [1.807, 2.05) is 0 Å². The normalized spacial score (nSPS) is 13.1. The summed E-state index contributed by atoms with van der Waals surface area (Å²) in [6, 6.07) is 2.78. The number of nitrogens with one attached hydrogen (secondary N) is 1. The summed E-state index contributed by atoms with van der Waals surface area (Å²) in [6.45, 7) is 4.25. The van der Waals surface area contributed by atoms with Crippen molar-refractivity contribution >= 4 is 0 Å². The van der Waals surface area contributed by atoms with E-state index in [1.54, 1.807) is 12.3 Å². The largest absolute Gasteiger partial charge is 0.271 e. The van der Waals surface area contributed by atoms with Crippen LogP contribution >= 0.6 is 0 Å². The average Bonchev–Trinajstić information content (AvgIpc) is 2.21. The predicted octanol–water partition coefficient (Wildman–Crippen LogP) is 2.16. The second kappa shape index (κ2) is 5.78. The Bertz CT molecular complexity index is 302. The lowest BCUT2D eigenvalue weighted by Crippen LogP contribution is -2.29. The number of nitrogens with two attached hydrogens (primary N) is 1. The van der Waals surface area contributed by atoms with Gasteiger partial charge in [0.2, 0.25) is 0 Å². The molecule has 0 saturated heterocycles. The van der Waals surface area contributed by atoms with Crippen LogP contribution in [0.2, 0.25) is 0 Å². The summed E-state index contributed by atoms with van der Waals surface area (Å²) in [6.07, 6.45) is 3.37. The Morgan fingerprint density at radius 1 is 1.47 bits per heavy atom. The van der Waals surface area contributed by atoms with Crippen molar-refractivity contribution < 1.29 is 4.39 Å². The van der Waals surface area contributed by atoms with Crippen LogP contribution in [0, 0.1) is 11.7 Å². The van der Waals surface area contributed by atoms with Crippen molar-refractivity contribution in [1.29, 1.82) is 0 Å². The third kappa shape index (κ3) is 3.57. The van der Waals surface area contributed by atoms with Gasteiger partial charge < -0.3 is 0 Å². The summed E-state index contributed by atoms with van der Waals surface area (Å²) >= 11 is 0. The molecule has 0 radical (unpaired) electrons. The SMILES string of the molecule is CC(C)CCC(NN)c1ncccc1F. The van der Waals surface area contributed by atoms with Crippen LogP contribution in [0.25, 0.3) is 0 Å². The zero-order valence-electron chi connectivity index (χ0n) is 9.20. The van der Waals surface area contributed by atoms with E-state index in [2.05, 4.69) is 24.3 Å². The Morgan fingerprint density at radius 3 is 2.73 bits per heavy atom. The third-order valence-electron chi connectivity index (χ3n) is 2.35. The Morgan fingerprint density at radius 2 is 2.20 bits per heavy atom. The molecule has 0 saturated carbocycles. The first kappa shape index (κ1) is 12.1. The second-order valence-electron chi connectivity index (χ2n) is 4.06. The molecule has 1 aromatic heterocycles. The number of pyridine rings is 1.